The number of hydrogen-bond donors (Lipinski definition) is 0. The molecule has 0 radical (unpaired) electrons. The summed E-state index contributed by atoms with van der Waals surface area (Å²) in [5.74, 6) is 2.52. The molecule has 0 heterocycles. The summed E-state index contributed by atoms with van der Waals surface area (Å²) < 4.78 is 0. The summed E-state index contributed by atoms with van der Waals surface area (Å²) >= 11 is 4.95. The van der Waals surface area contributed by atoms with Crippen LogP contribution in [0, 0.1) is 12.3 Å². The number of alkyl halides is 1. The van der Waals surface area contributed by atoms with Crippen molar-refractivity contribution in [1.29, 1.82) is 0 Å². The Labute approximate surface area is 41.5 Å². The maximum atomic E-state index is 4.95. The first kappa shape index (κ1) is 8.91. The number of halogens is 1. The molecule has 0 saturated carbocycles. The van der Waals surface area contributed by atoms with Gasteiger partial charge in [0.1, 0.15) is 0 Å². The molecule has 0 N–H and O–H groups in total. The number of terminal acetylenes is 1. The van der Waals surface area contributed by atoms with E-state index >= 15 is 0 Å². The summed E-state index contributed by atoms with van der Waals surface area (Å²) in [5.41, 5.74) is 0. The Hall–Kier alpha value is 0.0669. The van der Waals surface area contributed by atoms with Gasteiger partial charge in [-0.25, -0.2) is 0 Å². The van der Waals surface area contributed by atoms with Crippen LogP contribution in [0.5, 0.6) is 0 Å². The smallest absolute Gasteiger partial charge is 0.0832 e. The SMILES string of the molecule is C#CCCl.[SiH4]. The first-order chi connectivity index (χ1) is 1.91. The van der Waals surface area contributed by atoms with Crippen molar-refractivity contribution in [3.63, 3.8) is 0 Å². The largest absolute Gasteiger partial charge is 0.119 e. The average molecular weight is 107 g/mol. The molecular formula is C3H7ClSi. The Bertz CT molecular complexity index is 36.6. The normalized spacial score (nSPS) is 4.00. The van der Waals surface area contributed by atoms with Crippen molar-refractivity contribution < 1.29 is 0 Å². The second kappa shape index (κ2) is 8.95. The van der Waals surface area contributed by atoms with Crippen molar-refractivity contribution in [2.24, 2.45) is 0 Å². The second-order valence-electron chi connectivity index (χ2n) is 0.338. The zero-order chi connectivity index (χ0) is 3.41. The maximum Gasteiger partial charge on any atom is 0.0832 e. The van der Waals surface area contributed by atoms with E-state index in [2.05, 4.69) is 12.3 Å². The van der Waals surface area contributed by atoms with Crippen LogP contribution in [0.1, 0.15) is 0 Å². The monoisotopic (exact) mass is 106 g/mol. The van der Waals surface area contributed by atoms with Crippen LogP contribution in [0.15, 0.2) is 0 Å². The van der Waals surface area contributed by atoms with Crippen molar-refractivity contribution in [3.8, 4) is 12.3 Å². The molecule has 0 saturated heterocycles. The maximum absolute atomic E-state index is 4.95. The van der Waals surface area contributed by atoms with Gasteiger partial charge in [0.15, 0.2) is 0 Å². The fraction of sp³-hybridized carbons (Fsp3) is 0.333. The highest BCUT2D eigenvalue weighted by atomic mass is 35.5. The molecular weight excluding hydrogens is 99.6 g/mol. The predicted molar refractivity (Wildman–Crippen MR) is 30.9 cm³/mol. The first-order valence-corrected chi connectivity index (χ1v) is 1.44. The minimum absolute atomic E-state index is 0. The molecule has 0 unspecified atom stereocenters. The van der Waals surface area contributed by atoms with Crippen LogP contribution < -0.4 is 0 Å². The van der Waals surface area contributed by atoms with E-state index in [9.17, 15) is 0 Å². The zero-order valence-electron chi connectivity index (χ0n) is 2.16. The van der Waals surface area contributed by atoms with E-state index in [-0.39, 0.29) is 11.0 Å². The average Bonchev–Trinajstić information content (AvgIpc) is 1.37. The van der Waals surface area contributed by atoms with E-state index in [1.165, 1.54) is 0 Å². The molecule has 0 aromatic carbocycles. The molecule has 5 heavy (non-hydrogen) atoms. The molecule has 30 valence electrons. The minimum atomic E-state index is 0. The van der Waals surface area contributed by atoms with E-state index in [1.54, 1.807) is 0 Å². The summed E-state index contributed by atoms with van der Waals surface area (Å²) in [4.78, 5) is 0. The lowest BCUT2D eigenvalue weighted by Crippen LogP contribution is -1.47. The molecule has 0 aromatic heterocycles. The van der Waals surface area contributed by atoms with Crippen LogP contribution in [0.25, 0.3) is 0 Å². The number of rotatable bonds is 0. The van der Waals surface area contributed by atoms with Crippen molar-refractivity contribution in [3.05, 3.63) is 0 Å². The Balaban J connectivity index is 0. The van der Waals surface area contributed by atoms with Gasteiger partial charge >= 0.3 is 0 Å². The highest BCUT2D eigenvalue weighted by Gasteiger charge is 1.46. The van der Waals surface area contributed by atoms with Gasteiger partial charge in [-0.3, -0.25) is 0 Å². The van der Waals surface area contributed by atoms with E-state index in [0.29, 0.717) is 5.88 Å². The van der Waals surface area contributed by atoms with Crippen molar-refractivity contribution in [1.82, 2.24) is 0 Å². The topological polar surface area (TPSA) is 0 Å². The molecule has 0 nitrogen and oxygen atoms in total. The third-order valence-electron chi connectivity index (χ3n) is 0.0772. The van der Waals surface area contributed by atoms with Gasteiger partial charge in [-0.2, -0.15) is 0 Å². The Morgan fingerprint density at radius 1 is 1.80 bits per heavy atom. The van der Waals surface area contributed by atoms with Crippen LogP contribution in [0.3, 0.4) is 0 Å². The predicted octanol–water partition coefficient (Wildman–Crippen LogP) is -0.593. The Morgan fingerprint density at radius 2 is 2.00 bits per heavy atom. The van der Waals surface area contributed by atoms with Gasteiger partial charge in [0, 0.05) is 0 Å². The Kier molecular flexibility index (Phi) is 16.0. The Morgan fingerprint density at radius 3 is 2.00 bits per heavy atom. The van der Waals surface area contributed by atoms with E-state index in [4.69, 9.17) is 11.6 Å². The molecule has 2 heteroatoms. The molecule has 0 amide bonds. The highest BCUT2D eigenvalue weighted by molar-refractivity contribution is 6.19. The van der Waals surface area contributed by atoms with Crippen molar-refractivity contribution in [2.45, 2.75) is 0 Å². The lowest BCUT2D eigenvalue weighted by atomic mass is 10.8. The van der Waals surface area contributed by atoms with E-state index < -0.39 is 0 Å². The lowest BCUT2D eigenvalue weighted by Gasteiger charge is -1.50. The van der Waals surface area contributed by atoms with E-state index in [1.807, 2.05) is 0 Å². The van der Waals surface area contributed by atoms with Gasteiger partial charge < -0.3 is 0 Å². The standard InChI is InChI=1S/C3H3Cl.H4Si/c1-2-3-4;/h1H,3H2;1H4. The summed E-state index contributed by atoms with van der Waals surface area (Å²) in [6.45, 7) is 0. The van der Waals surface area contributed by atoms with Crippen LogP contribution >= 0.6 is 11.6 Å². The summed E-state index contributed by atoms with van der Waals surface area (Å²) in [6.07, 6.45) is 4.65. The summed E-state index contributed by atoms with van der Waals surface area (Å²) in [5, 5.41) is 0. The number of hydrogen-bond acceptors (Lipinski definition) is 0. The van der Waals surface area contributed by atoms with Crippen LogP contribution in [0.4, 0.5) is 0 Å². The van der Waals surface area contributed by atoms with Gasteiger partial charge in [0.25, 0.3) is 0 Å². The fourth-order valence-corrected chi connectivity index (χ4v) is 0. The third kappa shape index (κ3) is 15.3. The third-order valence-corrected chi connectivity index (χ3v) is 0.231. The second-order valence-corrected chi connectivity index (χ2v) is 0.605. The summed E-state index contributed by atoms with van der Waals surface area (Å²) in [6, 6.07) is 0. The van der Waals surface area contributed by atoms with Gasteiger partial charge in [-0.1, -0.05) is 5.92 Å². The molecule has 0 aromatic rings. The molecule has 0 aliphatic rings. The van der Waals surface area contributed by atoms with Gasteiger partial charge in [0.2, 0.25) is 0 Å². The highest BCUT2D eigenvalue weighted by Crippen LogP contribution is 1.61. The van der Waals surface area contributed by atoms with Gasteiger partial charge in [-0.05, 0) is 11.0 Å². The molecule has 0 aliphatic carbocycles. The summed E-state index contributed by atoms with van der Waals surface area (Å²) in [7, 11) is 0. The molecule has 0 spiro atoms. The molecule has 0 bridgehead atoms. The van der Waals surface area contributed by atoms with Gasteiger partial charge in [-0.15, -0.1) is 18.0 Å². The minimum Gasteiger partial charge on any atom is -0.119 e. The first-order valence-electron chi connectivity index (χ1n) is 0.909. The van der Waals surface area contributed by atoms with Crippen LogP contribution in [0.2, 0.25) is 0 Å². The van der Waals surface area contributed by atoms with Gasteiger partial charge in [0.05, 0.1) is 5.88 Å². The molecule has 0 atom stereocenters. The zero-order valence-corrected chi connectivity index (χ0v) is 2.92. The fourth-order valence-electron chi connectivity index (χ4n) is 0. The van der Waals surface area contributed by atoms with Crippen LogP contribution in [-0.2, 0) is 0 Å². The van der Waals surface area contributed by atoms with Crippen molar-refractivity contribution in [2.75, 3.05) is 5.88 Å². The lowest BCUT2D eigenvalue weighted by molar-refractivity contribution is 1.94. The molecule has 0 aliphatic heterocycles. The van der Waals surface area contributed by atoms with Crippen molar-refractivity contribution >= 4 is 22.6 Å². The van der Waals surface area contributed by atoms with E-state index in [0.717, 1.165) is 0 Å². The molecule has 0 fully saturated rings. The van der Waals surface area contributed by atoms with Crippen LogP contribution in [-0.4, -0.2) is 16.8 Å². The quantitative estimate of drug-likeness (QED) is 0.220. The molecule has 0 rings (SSSR count).